The SMILES string of the molecule is CCOC(C)(C)C(C)(N)C(=O)ON. The number of carbonyl (C=O) groups is 1. The van der Waals surface area contributed by atoms with Crippen molar-refractivity contribution in [3.05, 3.63) is 0 Å². The molecule has 0 aliphatic heterocycles. The highest BCUT2D eigenvalue weighted by atomic mass is 16.7. The molecule has 5 nitrogen and oxygen atoms in total. The third-order valence-corrected chi connectivity index (χ3v) is 2.29. The summed E-state index contributed by atoms with van der Waals surface area (Å²) < 4.78 is 5.34. The van der Waals surface area contributed by atoms with Gasteiger partial charge in [-0.2, -0.15) is 5.90 Å². The molecule has 1 unspecified atom stereocenters. The Morgan fingerprint density at radius 3 is 2.15 bits per heavy atom. The molecule has 0 saturated carbocycles. The summed E-state index contributed by atoms with van der Waals surface area (Å²) in [5.74, 6) is 4.08. The van der Waals surface area contributed by atoms with Gasteiger partial charge in [0.05, 0.1) is 5.60 Å². The molecule has 0 aliphatic rings. The van der Waals surface area contributed by atoms with E-state index in [-0.39, 0.29) is 0 Å². The van der Waals surface area contributed by atoms with Crippen molar-refractivity contribution in [1.29, 1.82) is 0 Å². The molecule has 0 fully saturated rings. The lowest BCUT2D eigenvalue weighted by Gasteiger charge is -2.37. The molecule has 0 aromatic rings. The van der Waals surface area contributed by atoms with Crippen molar-refractivity contribution in [1.82, 2.24) is 0 Å². The summed E-state index contributed by atoms with van der Waals surface area (Å²) in [7, 11) is 0. The summed E-state index contributed by atoms with van der Waals surface area (Å²) in [6.07, 6.45) is 0. The van der Waals surface area contributed by atoms with Gasteiger partial charge in [-0.25, -0.2) is 4.79 Å². The van der Waals surface area contributed by atoms with E-state index in [1.807, 2.05) is 6.92 Å². The van der Waals surface area contributed by atoms with Crippen LogP contribution in [0.3, 0.4) is 0 Å². The molecule has 0 aromatic carbocycles. The van der Waals surface area contributed by atoms with E-state index in [1.165, 1.54) is 6.92 Å². The first kappa shape index (κ1) is 12.3. The minimum Gasteiger partial charge on any atom is -0.373 e. The molecule has 0 heterocycles. The van der Waals surface area contributed by atoms with Gasteiger partial charge in [-0.1, -0.05) is 0 Å². The summed E-state index contributed by atoms with van der Waals surface area (Å²) >= 11 is 0. The first-order chi connectivity index (χ1) is 5.79. The second kappa shape index (κ2) is 4.04. The molecule has 0 rings (SSSR count). The number of nitrogens with two attached hydrogens (primary N) is 2. The maximum atomic E-state index is 11.2. The molecular weight excluding hydrogens is 172 g/mol. The Morgan fingerprint density at radius 2 is 1.85 bits per heavy atom. The van der Waals surface area contributed by atoms with E-state index in [1.54, 1.807) is 13.8 Å². The Hall–Kier alpha value is -0.650. The van der Waals surface area contributed by atoms with E-state index in [4.69, 9.17) is 16.4 Å². The van der Waals surface area contributed by atoms with E-state index >= 15 is 0 Å². The number of ether oxygens (including phenoxy) is 1. The smallest absolute Gasteiger partial charge is 0.347 e. The first-order valence-electron chi connectivity index (χ1n) is 4.13. The van der Waals surface area contributed by atoms with E-state index in [2.05, 4.69) is 4.84 Å². The fourth-order valence-electron chi connectivity index (χ4n) is 0.879. The van der Waals surface area contributed by atoms with E-state index in [0.717, 1.165) is 0 Å². The van der Waals surface area contributed by atoms with Crippen LogP contribution in [0.2, 0.25) is 0 Å². The van der Waals surface area contributed by atoms with Gasteiger partial charge in [0.2, 0.25) is 0 Å². The first-order valence-corrected chi connectivity index (χ1v) is 4.13. The molecule has 0 radical (unpaired) electrons. The molecule has 0 bridgehead atoms. The number of carbonyl (C=O) groups excluding carboxylic acids is 1. The monoisotopic (exact) mass is 190 g/mol. The molecular formula is C8H18N2O3. The topological polar surface area (TPSA) is 87.6 Å². The maximum absolute atomic E-state index is 11.2. The van der Waals surface area contributed by atoms with Gasteiger partial charge >= 0.3 is 5.97 Å². The van der Waals surface area contributed by atoms with Gasteiger partial charge < -0.3 is 15.3 Å². The Bertz CT molecular complexity index is 190. The fourth-order valence-corrected chi connectivity index (χ4v) is 0.879. The molecule has 4 N–H and O–H groups in total. The Balaban J connectivity index is 4.69. The fraction of sp³-hybridized carbons (Fsp3) is 0.875. The van der Waals surface area contributed by atoms with Crippen molar-refractivity contribution < 1.29 is 14.4 Å². The predicted octanol–water partition coefficient (Wildman–Crippen LogP) is -0.0642. The van der Waals surface area contributed by atoms with Crippen molar-refractivity contribution in [3.63, 3.8) is 0 Å². The molecule has 0 saturated heterocycles. The number of hydrogen-bond donors (Lipinski definition) is 2. The second-order valence-electron chi connectivity index (χ2n) is 3.55. The predicted molar refractivity (Wildman–Crippen MR) is 48.6 cm³/mol. The lowest BCUT2D eigenvalue weighted by Crippen LogP contribution is -2.62. The van der Waals surface area contributed by atoms with Crippen LogP contribution in [0.4, 0.5) is 0 Å². The number of hydrogen-bond acceptors (Lipinski definition) is 5. The summed E-state index contributed by atoms with van der Waals surface area (Å²) in [5, 5.41) is 0. The van der Waals surface area contributed by atoms with Gasteiger partial charge in [-0.05, 0) is 27.7 Å². The van der Waals surface area contributed by atoms with Crippen LogP contribution in [0.1, 0.15) is 27.7 Å². The van der Waals surface area contributed by atoms with Gasteiger partial charge in [0.1, 0.15) is 5.54 Å². The standard InChI is InChI=1S/C8H18N2O3/c1-5-12-7(2,3)8(4,9)6(11)13-10/h5,9-10H2,1-4H3. The van der Waals surface area contributed by atoms with Crippen LogP contribution in [0.25, 0.3) is 0 Å². The Labute approximate surface area is 78.3 Å². The molecule has 0 aliphatic carbocycles. The maximum Gasteiger partial charge on any atom is 0.347 e. The normalized spacial score (nSPS) is 16.5. The lowest BCUT2D eigenvalue weighted by molar-refractivity contribution is -0.163. The number of rotatable bonds is 4. The summed E-state index contributed by atoms with van der Waals surface area (Å²) in [6.45, 7) is 7.25. The molecule has 13 heavy (non-hydrogen) atoms. The Morgan fingerprint density at radius 1 is 1.38 bits per heavy atom. The molecule has 0 amide bonds. The van der Waals surface area contributed by atoms with E-state index in [0.29, 0.717) is 6.61 Å². The van der Waals surface area contributed by atoms with E-state index in [9.17, 15) is 4.79 Å². The highest BCUT2D eigenvalue weighted by Crippen LogP contribution is 2.24. The van der Waals surface area contributed by atoms with Crippen LogP contribution < -0.4 is 11.6 Å². The Kier molecular flexibility index (Phi) is 3.84. The third kappa shape index (κ3) is 2.40. The van der Waals surface area contributed by atoms with Crippen LogP contribution in [0.15, 0.2) is 0 Å². The van der Waals surface area contributed by atoms with Gasteiger partial charge in [0.25, 0.3) is 0 Å². The summed E-state index contributed by atoms with van der Waals surface area (Å²) in [5.41, 5.74) is 3.70. The zero-order chi connectivity index (χ0) is 10.7. The molecule has 0 aromatic heterocycles. The zero-order valence-corrected chi connectivity index (χ0v) is 8.59. The largest absolute Gasteiger partial charge is 0.373 e. The zero-order valence-electron chi connectivity index (χ0n) is 8.59. The van der Waals surface area contributed by atoms with Gasteiger partial charge in [0.15, 0.2) is 0 Å². The van der Waals surface area contributed by atoms with Crippen LogP contribution in [-0.4, -0.2) is 23.7 Å². The van der Waals surface area contributed by atoms with Crippen molar-refractivity contribution in [2.45, 2.75) is 38.8 Å². The van der Waals surface area contributed by atoms with Gasteiger partial charge in [-0.3, -0.25) is 0 Å². The van der Waals surface area contributed by atoms with Crippen LogP contribution in [0, 0.1) is 0 Å². The second-order valence-corrected chi connectivity index (χ2v) is 3.55. The van der Waals surface area contributed by atoms with Crippen LogP contribution >= 0.6 is 0 Å². The van der Waals surface area contributed by atoms with Crippen LogP contribution in [0.5, 0.6) is 0 Å². The quantitative estimate of drug-likeness (QED) is 0.606. The highest BCUT2D eigenvalue weighted by Gasteiger charge is 2.46. The van der Waals surface area contributed by atoms with Crippen LogP contribution in [-0.2, 0) is 14.4 Å². The minimum absolute atomic E-state index is 0.470. The van der Waals surface area contributed by atoms with E-state index < -0.39 is 17.1 Å². The van der Waals surface area contributed by atoms with Crippen molar-refractivity contribution in [2.75, 3.05) is 6.61 Å². The average molecular weight is 190 g/mol. The van der Waals surface area contributed by atoms with Crippen molar-refractivity contribution >= 4 is 5.97 Å². The lowest BCUT2D eigenvalue weighted by atomic mass is 9.85. The van der Waals surface area contributed by atoms with Gasteiger partial charge in [-0.15, -0.1) is 0 Å². The summed E-state index contributed by atoms with van der Waals surface area (Å²) in [6, 6.07) is 0. The third-order valence-electron chi connectivity index (χ3n) is 2.29. The molecule has 78 valence electrons. The highest BCUT2D eigenvalue weighted by molar-refractivity contribution is 5.81. The molecule has 0 spiro atoms. The van der Waals surface area contributed by atoms with Crippen molar-refractivity contribution in [2.24, 2.45) is 11.6 Å². The van der Waals surface area contributed by atoms with Crippen molar-refractivity contribution in [3.8, 4) is 0 Å². The van der Waals surface area contributed by atoms with Gasteiger partial charge in [0, 0.05) is 6.61 Å². The minimum atomic E-state index is -1.25. The molecule has 5 heteroatoms. The summed E-state index contributed by atoms with van der Waals surface area (Å²) in [4.78, 5) is 15.3. The average Bonchev–Trinajstić information content (AvgIpc) is 2.02. The molecule has 1 atom stereocenters.